The molecule has 0 spiro atoms. The van der Waals surface area contributed by atoms with Gasteiger partial charge in [-0.2, -0.15) is 0 Å². The molecule has 1 aromatic heterocycles. The summed E-state index contributed by atoms with van der Waals surface area (Å²) >= 11 is 0. The van der Waals surface area contributed by atoms with Gasteiger partial charge in [-0.15, -0.1) is 0 Å². The fourth-order valence-electron chi connectivity index (χ4n) is 4.15. The van der Waals surface area contributed by atoms with E-state index in [9.17, 15) is 13.2 Å². The number of carbonyl (C=O) groups excluding carboxylic acids is 1. The first-order valence-electron chi connectivity index (χ1n) is 11.6. The highest BCUT2D eigenvalue weighted by Crippen LogP contribution is 2.36. The number of benzene rings is 3. The summed E-state index contributed by atoms with van der Waals surface area (Å²) in [5.41, 5.74) is 4.90. The first-order valence-corrected chi connectivity index (χ1v) is 13.0. The number of esters is 1. The van der Waals surface area contributed by atoms with Crippen LogP contribution in [0.1, 0.15) is 42.0 Å². The Bertz CT molecular complexity index is 1490. The topological polar surface area (TPSA) is 65.4 Å². The Balaban J connectivity index is 1.95. The first kappa shape index (κ1) is 24.5. The Hall–Kier alpha value is -3.64. The van der Waals surface area contributed by atoms with E-state index in [2.05, 4.69) is 0 Å². The predicted octanol–water partition coefficient (Wildman–Crippen LogP) is 6.14. The van der Waals surface area contributed by atoms with E-state index < -0.39 is 10.0 Å². The van der Waals surface area contributed by atoms with Gasteiger partial charge in [-0.05, 0) is 57.0 Å². The van der Waals surface area contributed by atoms with Crippen LogP contribution in [0.5, 0.6) is 0 Å². The summed E-state index contributed by atoms with van der Waals surface area (Å²) < 4.78 is 33.9. The molecule has 0 saturated carbocycles. The van der Waals surface area contributed by atoms with Gasteiger partial charge in [0.1, 0.15) is 0 Å². The molecule has 4 aromatic rings. The van der Waals surface area contributed by atoms with Crippen molar-refractivity contribution in [1.29, 1.82) is 0 Å². The number of allylic oxidation sites excluding steroid dienone is 1. The van der Waals surface area contributed by atoms with Gasteiger partial charge in [-0.1, -0.05) is 71.8 Å². The average molecular weight is 488 g/mol. The lowest BCUT2D eigenvalue weighted by atomic mass is 9.89. The van der Waals surface area contributed by atoms with Crippen molar-refractivity contribution in [3.05, 3.63) is 113 Å². The molecule has 0 aliphatic carbocycles. The zero-order valence-electron chi connectivity index (χ0n) is 20.4. The minimum Gasteiger partial charge on any atom is -0.463 e. The van der Waals surface area contributed by atoms with Gasteiger partial charge in [0.2, 0.25) is 0 Å². The maximum Gasteiger partial charge on any atom is 0.333 e. The van der Waals surface area contributed by atoms with Crippen molar-refractivity contribution in [3.63, 3.8) is 0 Å². The number of aryl methyl sites for hydroxylation is 2. The molecular weight excluding hydrogens is 458 g/mol. The van der Waals surface area contributed by atoms with E-state index in [1.165, 1.54) is 3.97 Å². The molecule has 0 aliphatic rings. The summed E-state index contributed by atoms with van der Waals surface area (Å²) in [5, 5.41) is 0.807. The van der Waals surface area contributed by atoms with Crippen molar-refractivity contribution in [2.24, 2.45) is 0 Å². The molecule has 0 saturated heterocycles. The Morgan fingerprint density at radius 3 is 2.17 bits per heavy atom. The standard InChI is InChI=1S/C29H29NO4S/c1-5-34-29(31)22(4)18-26(23-14-10-20(2)11-15-23)27-19-30(28-9-7-6-8-25(27)28)35(32,33)24-16-12-21(3)13-17-24/h6-19,26H,5H2,1-4H3/b22-18+. The van der Waals surface area contributed by atoms with Crippen LogP contribution in [0.2, 0.25) is 0 Å². The fourth-order valence-corrected chi connectivity index (χ4v) is 5.53. The Morgan fingerprint density at radius 2 is 1.54 bits per heavy atom. The zero-order valence-corrected chi connectivity index (χ0v) is 21.2. The van der Waals surface area contributed by atoms with E-state index in [1.807, 2.05) is 62.4 Å². The van der Waals surface area contributed by atoms with Crippen molar-refractivity contribution in [2.75, 3.05) is 6.61 Å². The minimum absolute atomic E-state index is 0.223. The Kier molecular flexibility index (Phi) is 6.94. The molecule has 0 N–H and O–H groups in total. The van der Waals surface area contributed by atoms with Crippen LogP contribution in [0.4, 0.5) is 0 Å². The van der Waals surface area contributed by atoms with Gasteiger partial charge in [-0.3, -0.25) is 0 Å². The number of rotatable bonds is 7. The maximum absolute atomic E-state index is 13.7. The van der Waals surface area contributed by atoms with Crippen LogP contribution in [0.25, 0.3) is 10.9 Å². The van der Waals surface area contributed by atoms with E-state index in [0.717, 1.165) is 27.6 Å². The van der Waals surface area contributed by atoms with E-state index in [0.29, 0.717) is 11.1 Å². The van der Waals surface area contributed by atoms with Crippen LogP contribution in [0, 0.1) is 13.8 Å². The van der Waals surface area contributed by atoms with Crippen LogP contribution in [0.15, 0.2) is 95.5 Å². The second kappa shape index (κ2) is 9.92. The molecule has 0 fully saturated rings. The molecule has 35 heavy (non-hydrogen) atoms. The highest BCUT2D eigenvalue weighted by atomic mass is 32.2. The summed E-state index contributed by atoms with van der Waals surface area (Å²) in [4.78, 5) is 12.7. The normalized spacial score (nSPS) is 13.1. The van der Waals surface area contributed by atoms with E-state index in [1.54, 1.807) is 50.4 Å². The Morgan fingerprint density at radius 1 is 0.943 bits per heavy atom. The molecule has 0 radical (unpaired) electrons. The summed E-state index contributed by atoms with van der Waals surface area (Å²) in [7, 11) is -3.83. The number of ether oxygens (including phenoxy) is 1. The number of para-hydroxylation sites is 1. The summed E-state index contributed by atoms with van der Waals surface area (Å²) in [5.74, 6) is -0.736. The highest BCUT2D eigenvalue weighted by molar-refractivity contribution is 7.90. The van der Waals surface area contributed by atoms with Gasteiger partial charge in [0.05, 0.1) is 17.0 Å². The first-order chi connectivity index (χ1) is 16.7. The summed E-state index contributed by atoms with van der Waals surface area (Å²) in [6, 6.07) is 22.3. The van der Waals surface area contributed by atoms with Crippen LogP contribution in [-0.4, -0.2) is 25.0 Å². The van der Waals surface area contributed by atoms with Gasteiger partial charge < -0.3 is 4.74 Å². The monoisotopic (exact) mass is 487 g/mol. The van der Waals surface area contributed by atoms with E-state index in [4.69, 9.17) is 4.74 Å². The second-order valence-corrected chi connectivity index (χ2v) is 10.5. The lowest BCUT2D eigenvalue weighted by Gasteiger charge is -2.15. The molecule has 3 aromatic carbocycles. The van der Waals surface area contributed by atoms with Crippen molar-refractivity contribution in [3.8, 4) is 0 Å². The Labute approximate surface area is 206 Å². The third-order valence-corrected chi connectivity index (χ3v) is 7.76. The fraction of sp³-hybridized carbons (Fsp3) is 0.207. The largest absolute Gasteiger partial charge is 0.463 e. The molecule has 5 nitrogen and oxygen atoms in total. The smallest absolute Gasteiger partial charge is 0.333 e. The number of aromatic nitrogens is 1. The van der Waals surface area contributed by atoms with Gasteiger partial charge in [0.15, 0.2) is 0 Å². The third-order valence-electron chi connectivity index (χ3n) is 6.07. The van der Waals surface area contributed by atoms with Crippen molar-refractivity contribution >= 4 is 26.9 Å². The van der Waals surface area contributed by atoms with Gasteiger partial charge in [0, 0.05) is 23.1 Å². The number of fused-ring (bicyclic) bond motifs is 1. The van der Waals surface area contributed by atoms with Gasteiger partial charge in [-0.25, -0.2) is 17.2 Å². The summed E-state index contributed by atoms with van der Waals surface area (Å²) in [6.45, 7) is 7.71. The molecule has 1 heterocycles. The van der Waals surface area contributed by atoms with Crippen molar-refractivity contribution in [1.82, 2.24) is 3.97 Å². The van der Waals surface area contributed by atoms with Crippen LogP contribution in [-0.2, 0) is 19.6 Å². The molecule has 180 valence electrons. The predicted molar refractivity (Wildman–Crippen MR) is 139 cm³/mol. The number of nitrogens with zero attached hydrogens (tertiary/aromatic N) is 1. The molecule has 0 aliphatic heterocycles. The average Bonchev–Trinajstić information content (AvgIpc) is 3.24. The minimum atomic E-state index is -3.83. The van der Waals surface area contributed by atoms with Crippen molar-refractivity contribution in [2.45, 2.75) is 38.5 Å². The molecule has 0 amide bonds. The quantitative estimate of drug-likeness (QED) is 0.232. The SMILES string of the molecule is CCOC(=O)/C(C)=C/C(c1ccc(C)cc1)c1cn(S(=O)(=O)c2ccc(C)cc2)c2ccccc12. The molecule has 1 unspecified atom stereocenters. The lowest BCUT2D eigenvalue weighted by molar-refractivity contribution is -0.138. The molecule has 6 heteroatoms. The zero-order chi connectivity index (χ0) is 25.2. The van der Waals surface area contributed by atoms with Crippen LogP contribution >= 0.6 is 0 Å². The maximum atomic E-state index is 13.7. The second-order valence-electron chi connectivity index (χ2n) is 8.67. The van der Waals surface area contributed by atoms with Gasteiger partial charge in [0.25, 0.3) is 10.0 Å². The number of carbonyl (C=O) groups is 1. The van der Waals surface area contributed by atoms with Crippen molar-refractivity contribution < 1.29 is 17.9 Å². The lowest BCUT2D eigenvalue weighted by Crippen LogP contribution is -2.12. The number of hydrogen-bond acceptors (Lipinski definition) is 4. The van der Waals surface area contributed by atoms with E-state index >= 15 is 0 Å². The molecular formula is C29H29NO4S. The van der Waals surface area contributed by atoms with Gasteiger partial charge >= 0.3 is 5.97 Å². The number of hydrogen-bond donors (Lipinski definition) is 0. The molecule has 1 atom stereocenters. The molecule has 0 bridgehead atoms. The third kappa shape index (κ3) is 4.93. The van der Waals surface area contributed by atoms with Crippen LogP contribution in [0.3, 0.4) is 0 Å². The summed E-state index contributed by atoms with van der Waals surface area (Å²) in [6.07, 6.45) is 3.53. The van der Waals surface area contributed by atoms with Crippen LogP contribution < -0.4 is 0 Å². The highest BCUT2D eigenvalue weighted by Gasteiger charge is 2.25. The molecule has 4 rings (SSSR count). The van der Waals surface area contributed by atoms with E-state index in [-0.39, 0.29) is 23.4 Å².